The molecule has 0 spiro atoms. The van der Waals surface area contributed by atoms with Crippen molar-refractivity contribution in [3.63, 3.8) is 0 Å². The average Bonchev–Trinajstić information content (AvgIpc) is 2.79. The third-order valence-corrected chi connectivity index (χ3v) is 5.12. The molecule has 0 aliphatic heterocycles. The van der Waals surface area contributed by atoms with Gasteiger partial charge < -0.3 is 10.6 Å². The van der Waals surface area contributed by atoms with Crippen LogP contribution in [0.3, 0.4) is 0 Å². The molecule has 3 nitrogen and oxygen atoms in total. The topological polar surface area (TPSA) is 42.2 Å². The Morgan fingerprint density at radius 1 is 1.42 bits per heavy atom. The van der Waals surface area contributed by atoms with Crippen LogP contribution >= 0.6 is 11.3 Å². The van der Waals surface area contributed by atoms with E-state index in [-0.39, 0.29) is 6.04 Å². The number of nitrogens with zero attached hydrogens (tertiary/aromatic N) is 2. The van der Waals surface area contributed by atoms with E-state index in [1.54, 1.807) is 0 Å². The van der Waals surface area contributed by atoms with Crippen molar-refractivity contribution < 1.29 is 0 Å². The fourth-order valence-corrected chi connectivity index (χ4v) is 3.98. The van der Waals surface area contributed by atoms with Crippen LogP contribution in [-0.4, -0.2) is 17.6 Å². The SMILES string of the molecule is CCCCCN(c1nc2c(s1)C(N)CCC2)C(C)C. The zero-order valence-electron chi connectivity index (χ0n) is 12.5. The molecule has 1 heterocycles. The number of rotatable bonds is 6. The molecule has 1 atom stereocenters. The fraction of sp³-hybridized carbons (Fsp3) is 0.800. The van der Waals surface area contributed by atoms with Crippen molar-refractivity contribution in [1.29, 1.82) is 0 Å². The third kappa shape index (κ3) is 3.48. The number of unbranched alkanes of at least 4 members (excludes halogenated alkanes) is 2. The third-order valence-electron chi connectivity index (χ3n) is 3.85. The molecule has 2 rings (SSSR count). The highest BCUT2D eigenvalue weighted by Crippen LogP contribution is 2.36. The fourth-order valence-electron chi connectivity index (χ4n) is 2.67. The lowest BCUT2D eigenvalue weighted by Gasteiger charge is -2.26. The molecular formula is C15H27N3S. The van der Waals surface area contributed by atoms with E-state index >= 15 is 0 Å². The van der Waals surface area contributed by atoms with Crippen LogP contribution in [0.15, 0.2) is 0 Å². The summed E-state index contributed by atoms with van der Waals surface area (Å²) in [6.45, 7) is 7.88. The lowest BCUT2D eigenvalue weighted by Crippen LogP contribution is -2.31. The van der Waals surface area contributed by atoms with Gasteiger partial charge in [0.2, 0.25) is 0 Å². The number of thiazole rings is 1. The zero-order valence-corrected chi connectivity index (χ0v) is 13.3. The molecule has 0 aromatic carbocycles. The Kier molecular flexibility index (Phi) is 5.22. The maximum atomic E-state index is 6.21. The van der Waals surface area contributed by atoms with E-state index in [4.69, 9.17) is 10.7 Å². The Morgan fingerprint density at radius 3 is 2.84 bits per heavy atom. The number of aromatic nitrogens is 1. The summed E-state index contributed by atoms with van der Waals surface area (Å²) in [4.78, 5) is 8.65. The standard InChI is InChI=1S/C15H27N3S/c1-4-5-6-10-18(11(2)3)15-17-13-9-7-8-12(16)14(13)19-15/h11-12H,4-10,16H2,1-3H3. The quantitative estimate of drug-likeness (QED) is 0.805. The van der Waals surface area contributed by atoms with Gasteiger partial charge in [-0.1, -0.05) is 31.1 Å². The van der Waals surface area contributed by atoms with Gasteiger partial charge in [0.25, 0.3) is 0 Å². The van der Waals surface area contributed by atoms with Gasteiger partial charge in [-0.15, -0.1) is 0 Å². The van der Waals surface area contributed by atoms with Crippen LogP contribution < -0.4 is 10.6 Å². The summed E-state index contributed by atoms with van der Waals surface area (Å²) in [6.07, 6.45) is 7.24. The summed E-state index contributed by atoms with van der Waals surface area (Å²) in [7, 11) is 0. The second kappa shape index (κ2) is 6.71. The Labute approximate surface area is 121 Å². The molecule has 1 aliphatic rings. The Balaban J connectivity index is 2.13. The van der Waals surface area contributed by atoms with Crippen molar-refractivity contribution in [2.75, 3.05) is 11.4 Å². The van der Waals surface area contributed by atoms with Crippen molar-refractivity contribution in [3.05, 3.63) is 10.6 Å². The van der Waals surface area contributed by atoms with Gasteiger partial charge in [0.15, 0.2) is 5.13 Å². The maximum Gasteiger partial charge on any atom is 0.186 e. The summed E-state index contributed by atoms with van der Waals surface area (Å²) >= 11 is 1.83. The molecule has 1 aromatic rings. The second-order valence-electron chi connectivity index (χ2n) is 5.80. The van der Waals surface area contributed by atoms with Crippen molar-refractivity contribution >= 4 is 16.5 Å². The molecule has 0 saturated carbocycles. The molecular weight excluding hydrogens is 254 g/mol. The van der Waals surface area contributed by atoms with E-state index < -0.39 is 0 Å². The van der Waals surface area contributed by atoms with E-state index in [1.165, 1.54) is 41.4 Å². The van der Waals surface area contributed by atoms with Gasteiger partial charge in [-0.05, 0) is 39.5 Å². The van der Waals surface area contributed by atoms with E-state index in [0.717, 1.165) is 19.4 Å². The molecule has 1 aliphatic carbocycles. The van der Waals surface area contributed by atoms with Crippen molar-refractivity contribution in [2.45, 2.75) is 71.4 Å². The predicted molar refractivity (Wildman–Crippen MR) is 84.0 cm³/mol. The monoisotopic (exact) mass is 281 g/mol. The molecule has 1 aromatic heterocycles. The zero-order chi connectivity index (χ0) is 13.8. The first-order valence-corrected chi connectivity index (χ1v) is 8.47. The van der Waals surface area contributed by atoms with E-state index in [9.17, 15) is 0 Å². The van der Waals surface area contributed by atoms with Gasteiger partial charge in [-0.25, -0.2) is 4.98 Å². The number of hydrogen-bond acceptors (Lipinski definition) is 4. The number of nitrogens with two attached hydrogens (primary N) is 1. The van der Waals surface area contributed by atoms with Gasteiger partial charge in [-0.2, -0.15) is 0 Å². The Hall–Kier alpha value is -0.610. The smallest absolute Gasteiger partial charge is 0.186 e. The van der Waals surface area contributed by atoms with Gasteiger partial charge >= 0.3 is 0 Å². The molecule has 19 heavy (non-hydrogen) atoms. The second-order valence-corrected chi connectivity index (χ2v) is 6.81. The molecule has 0 fully saturated rings. The summed E-state index contributed by atoms with van der Waals surface area (Å²) in [5, 5.41) is 1.19. The first-order chi connectivity index (χ1) is 9.13. The van der Waals surface area contributed by atoms with Gasteiger partial charge in [0, 0.05) is 23.5 Å². The molecule has 0 radical (unpaired) electrons. The minimum Gasteiger partial charge on any atom is -0.346 e. The number of aryl methyl sites for hydroxylation is 1. The first kappa shape index (κ1) is 14.8. The minimum absolute atomic E-state index is 0.222. The molecule has 0 amide bonds. The summed E-state index contributed by atoms with van der Waals surface area (Å²) in [5.74, 6) is 0. The normalized spacial score (nSPS) is 18.7. The van der Waals surface area contributed by atoms with Crippen LogP contribution in [0.1, 0.15) is 69.5 Å². The van der Waals surface area contributed by atoms with E-state index in [0.29, 0.717) is 6.04 Å². The van der Waals surface area contributed by atoms with Crippen molar-refractivity contribution in [1.82, 2.24) is 4.98 Å². The lowest BCUT2D eigenvalue weighted by molar-refractivity contribution is 0.572. The number of anilines is 1. The molecule has 4 heteroatoms. The highest BCUT2D eigenvalue weighted by atomic mass is 32.1. The Morgan fingerprint density at radius 2 is 2.21 bits per heavy atom. The molecule has 108 valence electrons. The number of hydrogen-bond donors (Lipinski definition) is 1. The van der Waals surface area contributed by atoms with Crippen LogP contribution in [0.2, 0.25) is 0 Å². The van der Waals surface area contributed by atoms with E-state index in [2.05, 4.69) is 25.7 Å². The minimum atomic E-state index is 0.222. The first-order valence-electron chi connectivity index (χ1n) is 7.65. The van der Waals surface area contributed by atoms with Gasteiger partial charge in [0.05, 0.1) is 5.69 Å². The van der Waals surface area contributed by atoms with Gasteiger partial charge in [0.1, 0.15) is 0 Å². The predicted octanol–water partition coefficient (Wildman–Crippen LogP) is 3.88. The van der Waals surface area contributed by atoms with E-state index in [1.807, 2.05) is 11.3 Å². The molecule has 0 saturated heterocycles. The van der Waals surface area contributed by atoms with Crippen LogP contribution in [0.25, 0.3) is 0 Å². The van der Waals surface area contributed by atoms with Gasteiger partial charge in [-0.3, -0.25) is 0 Å². The summed E-state index contributed by atoms with van der Waals surface area (Å²) in [5.41, 5.74) is 7.47. The van der Waals surface area contributed by atoms with Crippen molar-refractivity contribution in [3.8, 4) is 0 Å². The van der Waals surface area contributed by atoms with Crippen LogP contribution in [0.5, 0.6) is 0 Å². The van der Waals surface area contributed by atoms with Crippen molar-refractivity contribution in [2.24, 2.45) is 5.73 Å². The largest absolute Gasteiger partial charge is 0.346 e. The lowest BCUT2D eigenvalue weighted by atomic mass is 9.99. The summed E-state index contributed by atoms with van der Waals surface area (Å²) in [6, 6.07) is 0.736. The summed E-state index contributed by atoms with van der Waals surface area (Å²) < 4.78 is 0. The van der Waals surface area contributed by atoms with Crippen LogP contribution in [0, 0.1) is 0 Å². The number of fused-ring (bicyclic) bond motifs is 1. The average molecular weight is 281 g/mol. The molecule has 1 unspecified atom stereocenters. The highest BCUT2D eigenvalue weighted by molar-refractivity contribution is 7.15. The highest BCUT2D eigenvalue weighted by Gasteiger charge is 2.24. The van der Waals surface area contributed by atoms with Crippen LogP contribution in [0.4, 0.5) is 5.13 Å². The molecule has 0 bridgehead atoms. The molecule has 2 N–H and O–H groups in total. The Bertz CT molecular complexity index is 400. The van der Waals surface area contributed by atoms with Crippen LogP contribution in [-0.2, 0) is 6.42 Å². The maximum absolute atomic E-state index is 6.21.